The number of hydrogen-bond acceptors (Lipinski definition) is 3. The van der Waals surface area contributed by atoms with Crippen molar-refractivity contribution in [3.63, 3.8) is 0 Å². The molecule has 2 N–H and O–H groups in total. The van der Waals surface area contributed by atoms with Gasteiger partial charge in [-0.1, -0.05) is 18.2 Å². The maximum absolute atomic E-state index is 13.6. The Bertz CT molecular complexity index is 847. The van der Waals surface area contributed by atoms with E-state index in [4.69, 9.17) is 5.11 Å². The van der Waals surface area contributed by atoms with E-state index in [-0.39, 0.29) is 10.6 Å². The maximum Gasteiger partial charge on any atom is 0.340 e. The summed E-state index contributed by atoms with van der Waals surface area (Å²) in [4.78, 5) is 11.1. The average molecular weight is 323 g/mol. The molecule has 0 radical (unpaired) electrons. The second-order valence-corrected chi connectivity index (χ2v) is 6.49. The predicted octanol–water partition coefficient (Wildman–Crippen LogP) is 2.94. The second-order valence-electron chi connectivity index (χ2n) is 4.84. The third-order valence-corrected chi connectivity index (χ3v) is 4.61. The van der Waals surface area contributed by atoms with E-state index in [0.717, 1.165) is 11.6 Å². The van der Waals surface area contributed by atoms with Crippen LogP contribution in [0.4, 0.5) is 10.1 Å². The molecule has 0 fully saturated rings. The second kappa shape index (κ2) is 5.76. The van der Waals surface area contributed by atoms with Crippen LogP contribution in [0.2, 0.25) is 0 Å². The van der Waals surface area contributed by atoms with Crippen molar-refractivity contribution in [3.8, 4) is 0 Å². The zero-order valence-electron chi connectivity index (χ0n) is 11.9. The van der Waals surface area contributed by atoms with Crippen LogP contribution in [0.3, 0.4) is 0 Å². The Labute approximate surface area is 127 Å². The van der Waals surface area contributed by atoms with Gasteiger partial charge in [0.05, 0.1) is 10.6 Å². The molecule has 22 heavy (non-hydrogen) atoms. The largest absolute Gasteiger partial charge is 0.478 e. The molecule has 0 spiro atoms. The van der Waals surface area contributed by atoms with Crippen LogP contribution in [0.25, 0.3) is 0 Å². The summed E-state index contributed by atoms with van der Waals surface area (Å²) in [7, 11) is -4.02. The van der Waals surface area contributed by atoms with Crippen LogP contribution in [0.1, 0.15) is 21.5 Å². The summed E-state index contributed by atoms with van der Waals surface area (Å²) >= 11 is 0. The summed E-state index contributed by atoms with van der Waals surface area (Å²) in [5.41, 5.74) is 0.222. The van der Waals surface area contributed by atoms with Crippen molar-refractivity contribution < 1.29 is 22.7 Å². The molecule has 7 heteroatoms. The molecule has 2 aromatic carbocycles. The van der Waals surface area contributed by atoms with Crippen molar-refractivity contribution in [1.82, 2.24) is 0 Å². The van der Waals surface area contributed by atoms with E-state index in [2.05, 4.69) is 4.72 Å². The molecular formula is C15H14FNO4S. The van der Waals surface area contributed by atoms with Crippen molar-refractivity contribution in [1.29, 1.82) is 0 Å². The van der Waals surface area contributed by atoms with E-state index in [1.807, 2.05) is 0 Å². The molecule has 0 heterocycles. The van der Waals surface area contributed by atoms with Crippen LogP contribution in [0, 0.1) is 19.7 Å². The number of carbonyl (C=O) groups is 1. The summed E-state index contributed by atoms with van der Waals surface area (Å²) in [6, 6.07) is 8.28. The normalized spacial score (nSPS) is 11.2. The van der Waals surface area contributed by atoms with Crippen molar-refractivity contribution in [2.75, 3.05) is 4.72 Å². The van der Waals surface area contributed by atoms with Crippen LogP contribution in [0.15, 0.2) is 41.3 Å². The monoisotopic (exact) mass is 323 g/mol. The van der Waals surface area contributed by atoms with Crippen LogP contribution in [-0.2, 0) is 10.0 Å². The van der Waals surface area contributed by atoms with Crippen molar-refractivity contribution >= 4 is 21.7 Å². The van der Waals surface area contributed by atoms with E-state index in [1.54, 1.807) is 26.0 Å². The Morgan fingerprint density at radius 1 is 1.18 bits per heavy atom. The molecule has 2 rings (SSSR count). The van der Waals surface area contributed by atoms with Crippen LogP contribution < -0.4 is 4.72 Å². The number of hydrogen-bond donors (Lipinski definition) is 2. The van der Waals surface area contributed by atoms with E-state index in [9.17, 15) is 17.6 Å². The molecule has 0 unspecified atom stereocenters. The van der Waals surface area contributed by atoms with Gasteiger partial charge in [0.2, 0.25) is 0 Å². The first kappa shape index (κ1) is 16.0. The van der Waals surface area contributed by atoms with Gasteiger partial charge in [-0.25, -0.2) is 17.6 Å². The minimum Gasteiger partial charge on any atom is -0.478 e. The smallest absolute Gasteiger partial charge is 0.340 e. The van der Waals surface area contributed by atoms with Crippen LogP contribution in [0.5, 0.6) is 0 Å². The van der Waals surface area contributed by atoms with Gasteiger partial charge in [0.1, 0.15) is 11.4 Å². The third kappa shape index (κ3) is 3.09. The quantitative estimate of drug-likeness (QED) is 0.906. The lowest BCUT2D eigenvalue weighted by molar-refractivity contribution is 0.0693. The summed E-state index contributed by atoms with van der Waals surface area (Å²) in [6.45, 7) is 3.36. The molecule has 0 atom stereocenters. The average Bonchev–Trinajstić information content (AvgIpc) is 2.40. The van der Waals surface area contributed by atoms with Crippen molar-refractivity contribution in [3.05, 3.63) is 58.9 Å². The van der Waals surface area contributed by atoms with Gasteiger partial charge in [-0.05, 0) is 43.2 Å². The van der Waals surface area contributed by atoms with E-state index in [0.29, 0.717) is 5.56 Å². The fourth-order valence-corrected chi connectivity index (χ4v) is 3.43. The Morgan fingerprint density at radius 2 is 1.86 bits per heavy atom. The minimum absolute atomic E-state index is 0.0214. The number of anilines is 1. The first-order valence-corrected chi connectivity index (χ1v) is 7.82. The van der Waals surface area contributed by atoms with Gasteiger partial charge in [-0.2, -0.15) is 0 Å². The SMILES string of the molecule is Cc1ccc(C)c(S(=O)(=O)Nc2cccc(F)c2C(=O)O)c1. The number of benzene rings is 2. The number of sulfonamides is 1. The summed E-state index contributed by atoms with van der Waals surface area (Å²) < 4.78 is 40.6. The lowest BCUT2D eigenvalue weighted by atomic mass is 10.2. The Hall–Kier alpha value is -2.41. The molecule has 5 nitrogen and oxygen atoms in total. The summed E-state index contributed by atoms with van der Waals surface area (Å²) in [5, 5.41) is 9.04. The highest BCUT2D eigenvalue weighted by Gasteiger charge is 2.22. The van der Waals surface area contributed by atoms with Gasteiger partial charge in [-0.15, -0.1) is 0 Å². The van der Waals surface area contributed by atoms with E-state index < -0.39 is 27.4 Å². The minimum atomic E-state index is -4.02. The molecule has 0 amide bonds. The molecule has 0 aromatic heterocycles. The van der Waals surface area contributed by atoms with Gasteiger partial charge in [0, 0.05) is 0 Å². The highest BCUT2D eigenvalue weighted by atomic mass is 32.2. The molecular weight excluding hydrogens is 309 g/mol. The zero-order chi connectivity index (χ0) is 16.5. The van der Waals surface area contributed by atoms with Gasteiger partial charge < -0.3 is 5.11 Å². The van der Waals surface area contributed by atoms with Gasteiger partial charge >= 0.3 is 5.97 Å². The molecule has 116 valence electrons. The Balaban J connectivity index is 2.53. The predicted molar refractivity (Wildman–Crippen MR) is 80.1 cm³/mol. The highest BCUT2D eigenvalue weighted by molar-refractivity contribution is 7.92. The molecule has 0 aliphatic rings. The molecule has 0 aliphatic carbocycles. The molecule has 0 saturated carbocycles. The van der Waals surface area contributed by atoms with Gasteiger partial charge in [0.25, 0.3) is 10.0 Å². The first-order valence-electron chi connectivity index (χ1n) is 6.34. The Morgan fingerprint density at radius 3 is 2.50 bits per heavy atom. The number of carboxylic acid groups (broad SMARTS) is 1. The topological polar surface area (TPSA) is 83.5 Å². The fourth-order valence-electron chi connectivity index (χ4n) is 2.02. The number of nitrogens with one attached hydrogen (secondary N) is 1. The van der Waals surface area contributed by atoms with Crippen LogP contribution in [-0.4, -0.2) is 19.5 Å². The molecule has 0 saturated heterocycles. The number of aromatic carboxylic acids is 1. The van der Waals surface area contributed by atoms with Crippen LogP contribution >= 0.6 is 0 Å². The molecule has 2 aromatic rings. The third-order valence-electron chi connectivity index (χ3n) is 3.10. The van der Waals surface area contributed by atoms with E-state index in [1.165, 1.54) is 18.2 Å². The standard InChI is InChI=1S/C15H14FNO4S/c1-9-6-7-10(2)13(8-9)22(20,21)17-12-5-3-4-11(16)14(12)15(18)19/h3-8,17H,1-2H3,(H,18,19). The number of aryl methyl sites for hydroxylation is 2. The lowest BCUT2D eigenvalue weighted by Gasteiger charge is -2.13. The van der Waals surface area contributed by atoms with Gasteiger partial charge in [0.15, 0.2) is 0 Å². The molecule has 0 aliphatic heterocycles. The maximum atomic E-state index is 13.6. The summed E-state index contributed by atoms with van der Waals surface area (Å²) in [6.07, 6.45) is 0. The number of rotatable bonds is 4. The Kier molecular flexibility index (Phi) is 4.18. The van der Waals surface area contributed by atoms with Crippen molar-refractivity contribution in [2.45, 2.75) is 18.7 Å². The van der Waals surface area contributed by atoms with E-state index >= 15 is 0 Å². The first-order chi connectivity index (χ1) is 10.2. The van der Waals surface area contributed by atoms with Gasteiger partial charge in [-0.3, -0.25) is 4.72 Å². The highest BCUT2D eigenvalue weighted by Crippen LogP contribution is 2.24. The van der Waals surface area contributed by atoms with Crippen molar-refractivity contribution in [2.24, 2.45) is 0 Å². The zero-order valence-corrected chi connectivity index (χ0v) is 12.7. The lowest BCUT2D eigenvalue weighted by Crippen LogP contribution is -2.17. The number of halogens is 1. The molecule has 0 bridgehead atoms. The summed E-state index contributed by atoms with van der Waals surface area (Å²) in [5.74, 6) is -2.55. The fraction of sp³-hybridized carbons (Fsp3) is 0.133. The number of carboxylic acids is 1.